The number of benzene rings is 3. The van der Waals surface area contributed by atoms with Crippen LogP contribution in [0.15, 0.2) is 66.7 Å². The van der Waals surface area contributed by atoms with E-state index in [0.717, 1.165) is 27.6 Å². The fraction of sp³-hybridized carbons (Fsp3) is 0.190. The zero-order valence-electron chi connectivity index (χ0n) is 14.3. The number of fused-ring (bicyclic) bond motifs is 1. The van der Waals surface area contributed by atoms with E-state index >= 15 is 0 Å². The lowest BCUT2D eigenvalue weighted by molar-refractivity contribution is 0.133. The van der Waals surface area contributed by atoms with Crippen molar-refractivity contribution in [2.45, 2.75) is 20.1 Å². The molecule has 0 aliphatic carbocycles. The quantitative estimate of drug-likeness (QED) is 0.686. The van der Waals surface area contributed by atoms with E-state index in [0.29, 0.717) is 19.8 Å². The molecule has 2 amide bonds. The van der Waals surface area contributed by atoms with Crippen molar-refractivity contribution in [1.29, 1.82) is 0 Å². The molecule has 0 atom stereocenters. The SMILES string of the molecule is CCOCc1ccccc1CNC(=O)Nc1ccc2ccccc2c1. The molecule has 3 rings (SSSR count). The van der Waals surface area contributed by atoms with E-state index in [1.54, 1.807) is 0 Å². The second kappa shape index (κ2) is 8.31. The number of amides is 2. The molecule has 2 N–H and O–H groups in total. The van der Waals surface area contributed by atoms with Gasteiger partial charge in [-0.15, -0.1) is 0 Å². The number of hydrogen-bond acceptors (Lipinski definition) is 2. The van der Waals surface area contributed by atoms with E-state index in [1.807, 2.05) is 67.6 Å². The Morgan fingerprint density at radius 2 is 1.64 bits per heavy atom. The van der Waals surface area contributed by atoms with Crippen LogP contribution in [-0.2, 0) is 17.9 Å². The molecule has 0 heterocycles. The van der Waals surface area contributed by atoms with E-state index < -0.39 is 0 Å². The topological polar surface area (TPSA) is 50.4 Å². The van der Waals surface area contributed by atoms with Crippen LogP contribution in [0.5, 0.6) is 0 Å². The first kappa shape index (κ1) is 17.0. The third kappa shape index (κ3) is 4.58. The largest absolute Gasteiger partial charge is 0.377 e. The van der Waals surface area contributed by atoms with Crippen molar-refractivity contribution >= 4 is 22.5 Å². The van der Waals surface area contributed by atoms with Gasteiger partial charge in [-0.1, -0.05) is 54.6 Å². The molecule has 0 unspecified atom stereocenters. The molecule has 0 saturated carbocycles. The van der Waals surface area contributed by atoms with Gasteiger partial charge in [-0.3, -0.25) is 0 Å². The van der Waals surface area contributed by atoms with Gasteiger partial charge in [0.25, 0.3) is 0 Å². The molecular formula is C21H22N2O2. The van der Waals surface area contributed by atoms with Gasteiger partial charge in [0.1, 0.15) is 0 Å². The summed E-state index contributed by atoms with van der Waals surface area (Å²) in [7, 11) is 0. The molecule has 3 aromatic rings. The Labute approximate surface area is 147 Å². The van der Waals surface area contributed by atoms with Gasteiger partial charge < -0.3 is 15.4 Å². The van der Waals surface area contributed by atoms with Crippen LogP contribution in [0.1, 0.15) is 18.1 Å². The highest BCUT2D eigenvalue weighted by molar-refractivity contribution is 5.93. The van der Waals surface area contributed by atoms with Gasteiger partial charge in [-0.2, -0.15) is 0 Å². The van der Waals surface area contributed by atoms with E-state index in [9.17, 15) is 4.79 Å². The summed E-state index contributed by atoms with van der Waals surface area (Å²) in [6.07, 6.45) is 0. The van der Waals surface area contributed by atoms with E-state index in [-0.39, 0.29) is 6.03 Å². The summed E-state index contributed by atoms with van der Waals surface area (Å²) >= 11 is 0. The van der Waals surface area contributed by atoms with Gasteiger partial charge in [0, 0.05) is 18.8 Å². The number of rotatable bonds is 6. The number of urea groups is 1. The minimum absolute atomic E-state index is 0.221. The number of carbonyl (C=O) groups is 1. The third-order valence-corrected chi connectivity index (χ3v) is 4.03. The number of nitrogens with one attached hydrogen (secondary N) is 2. The highest BCUT2D eigenvalue weighted by atomic mass is 16.5. The molecule has 4 nitrogen and oxygen atoms in total. The number of hydrogen-bond donors (Lipinski definition) is 2. The van der Waals surface area contributed by atoms with Gasteiger partial charge in [0.2, 0.25) is 0 Å². The van der Waals surface area contributed by atoms with Crippen LogP contribution in [-0.4, -0.2) is 12.6 Å². The van der Waals surface area contributed by atoms with Crippen LogP contribution in [0.2, 0.25) is 0 Å². The van der Waals surface area contributed by atoms with E-state index in [2.05, 4.69) is 16.7 Å². The summed E-state index contributed by atoms with van der Waals surface area (Å²) < 4.78 is 5.48. The third-order valence-electron chi connectivity index (χ3n) is 4.03. The van der Waals surface area contributed by atoms with Crippen LogP contribution < -0.4 is 10.6 Å². The molecule has 0 aromatic heterocycles. The predicted molar refractivity (Wildman–Crippen MR) is 102 cm³/mol. The van der Waals surface area contributed by atoms with Crippen LogP contribution in [0.4, 0.5) is 10.5 Å². The Hall–Kier alpha value is -2.85. The molecule has 0 bridgehead atoms. The summed E-state index contributed by atoms with van der Waals surface area (Å²) in [5.74, 6) is 0. The Kier molecular flexibility index (Phi) is 5.65. The van der Waals surface area contributed by atoms with Crippen LogP contribution in [0.25, 0.3) is 10.8 Å². The first-order valence-corrected chi connectivity index (χ1v) is 8.44. The van der Waals surface area contributed by atoms with Gasteiger partial charge >= 0.3 is 6.03 Å². The summed E-state index contributed by atoms with van der Waals surface area (Å²) in [5.41, 5.74) is 2.93. The van der Waals surface area contributed by atoms with Crippen molar-refractivity contribution < 1.29 is 9.53 Å². The maximum absolute atomic E-state index is 12.2. The Bertz CT molecular complexity index is 861. The van der Waals surface area contributed by atoms with E-state index in [4.69, 9.17) is 4.74 Å². The second-order valence-electron chi connectivity index (χ2n) is 5.78. The van der Waals surface area contributed by atoms with Gasteiger partial charge in [-0.25, -0.2) is 4.79 Å². The average Bonchev–Trinajstić information content (AvgIpc) is 2.65. The first-order chi connectivity index (χ1) is 12.3. The van der Waals surface area contributed by atoms with Crippen molar-refractivity contribution in [2.24, 2.45) is 0 Å². The molecule has 25 heavy (non-hydrogen) atoms. The smallest absolute Gasteiger partial charge is 0.319 e. The van der Waals surface area contributed by atoms with Crippen molar-refractivity contribution in [1.82, 2.24) is 5.32 Å². The fourth-order valence-corrected chi connectivity index (χ4v) is 2.70. The Morgan fingerprint density at radius 3 is 2.44 bits per heavy atom. The second-order valence-corrected chi connectivity index (χ2v) is 5.78. The Balaban J connectivity index is 1.61. The lowest BCUT2D eigenvalue weighted by Crippen LogP contribution is -2.28. The first-order valence-electron chi connectivity index (χ1n) is 8.44. The zero-order chi connectivity index (χ0) is 17.5. The zero-order valence-corrected chi connectivity index (χ0v) is 14.3. The molecule has 0 saturated heterocycles. The highest BCUT2D eigenvalue weighted by Crippen LogP contribution is 2.18. The number of ether oxygens (including phenoxy) is 1. The minimum atomic E-state index is -0.221. The number of anilines is 1. The molecular weight excluding hydrogens is 312 g/mol. The maximum Gasteiger partial charge on any atom is 0.319 e. The van der Waals surface area contributed by atoms with Gasteiger partial charge in [0.15, 0.2) is 0 Å². The molecule has 128 valence electrons. The summed E-state index contributed by atoms with van der Waals surface area (Å²) in [4.78, 5) is 12.2. The lowest BCUT2D eigenvalue weighted by Gasteiger charge is -2.12. The summed E-state index contributed by atoms with van der Waals surface area (Å²) in [5, 5.41) is 8.04. The van der Waals surface area contributed by atoms with Crippen LogP contribution in [0.3, 0.4) is 0 Å². The molecule has 0 aliphatic rings. The lowest BCUT2D eigenvalue weighted by atomic mass is 10.1. The van der Waals surface area contributed by atoms with Crippen molar-refractivity contribution in [2.75, 3.05) is 11.9 Å². The van der Waals surface area contributed by atoms with Crippen molar-refractivity contribution in [3.63, 3.8) is 0 Å². The fourth-order valence-electron chi connectivity index (χ4n) is 2.70. The predicted octanol–water partition coefficient (Wildman–Crippen LogP) is 4.70. The number of carbonyl (C=O) groups excluding carboxylic acids is 1. The molecule has 3 aromatic carbocycles. The minimum Gasteiger partial charge on any atom is -0.377 e. The molecule has 0 aliphatic heterocycles. The van der Waals surface area contributed by atoms with Gasteiger partial charge in [-0.05, 0) is 41.0 Å². The maximum atomic E-state index is 12.2. The van der Waals surface area contributed by atoms with E-state index in [1.165, 1.54) is 0 Å². The Morgan fingerprint density at radius 1 is 0.920 bits per heavy atom. The van der Waals surface area contributed by atoms with Gasteiger partial charge in [0.05, 0.1) is 6.61 Å². The molecule has 0 fully saturated rings. The highest BCUT2D eigenvalue weighted by Gasteiger charge is 2.06. The molecule has 4 heteroatoms. The van der Waals surface area contributed by atoms with Crippen LogP contribution in [0, 0.1) is 0 Å². The van der Waals surface area contributed by atoms with Crippen LogP contribution >= 0.6 is 0 Å². The normalized spacial score (nSPS) is 10.6. The average molecular weight is 334 g/mol. The van der Waals surface area contributed by atoms with Crippen molar-refractivity contribution in [3.05, 3.63) is 77.9 Å². The molecule has 0 spiro atoms. The summed E-state index contributed by atoms with van der Waals surface area (Å²) in [6.45, 7) is 3.66. The summed E-state index contributed by atoms with van der Waals surface area (Å²) in [6, 6.07) is 21.7. The standard InChI is InChI=1S/C21H22N2O2/c1-2-25-15-19-10-6-5-9-18(19)14-22-21(24)23-20-12-11-16-7-3-4-8-17(16)13-20/h3-13H,2,14-15H2,1H3,(H2,22,23,24). The molecule has 0 radical (unpaired) electrons. The monoisotopic (exact) mass is 334 g/mol. The van der Waals surface area contributed by atoms with Crippen molar-refractivity contribution in [3.8, 4) is 0 Å².